The third-order valence-corrected chi connectivity index (χ3v) is 4.48. The van der Waals surface area contributed by atoms with Crippen molar-refractivity contribution < 1.29 is 9.53 Å². The smallest absolute Gasteiger partial charge is 0.227 e. The van der Waals surface area contributed by atoms with Crippen LogP contribution in [0.5, 0.6) is 0 Å². The second-order valence-corrected chi connectivity index (χ2v) is 5.77. The number of carbonyl (C=O) groups excluding carboxylic acids is 1. The summed E-state index contributed by atoms with van der Waals surface area (Å²) in [4.78, 5) is 13.6. The molecule has 2 N–H and O–H groups in total. The molecule has 4 nitrogen and oxygen atoms in total. The van der Waals surface area contributed by atoms with Gasteiger partial charge < -0.3 is 15.4 Å². The third-order valence-electron chi connectivity index (χ3n) is 3.49. The Morgan fingerprint density at radius 2 is 2.37 bits per heavy atom. The van der Waals surface area contributed by atoms with Crippen LogP contribution in [-0.2, 0) is 9.53 Å². The predicted octanol–water partition coefficient (Wildman–Crippen LogP) is 1.94. The standard InChI is InChI=1S/C14H22N2O2S/c1-3-11(13-6-5-7-19-13)16-14(17)10-8-18-9-12(10)15-4-2/h5-7,10-12,15H,3-4,8-9H2,1-2H3,(H,16,17). The molecule has 1 amide bonds. The SMILES string of the molecule is CCNC1COCC1C(=O)NC(CC)c1cccs1. The molecule has 2 heterocycles. The predicted molar refractivity (Wildman–Crippen MR) is 77.3 cm³/mol. The van der Waals surface area contributed by atoms with Gasteiger partial charge in [0.1, 0.15) is 0 Å². The van der Waals surface area contributed by atoms with Gasteiger partial charge in [0.15, 0.2) is 0 Å². The van der Waals surface area contributed by atoms with Crippen LogP contribution in [0.1, 0.15) is 31.2 Å². The van der Waals surface area contributed by atoms with E-state index < -0.39 is 0 Å². The van der Waals surface area contributed by atoms with Gasteiger partial charge in [0, 0.05) is 10.9 Å². The zero-order valence-corrected chi connectivity index (χ0v) is 12.3. The van der Waals surface area contributed by atoms with E-state index in [9.17, 15) is 4.79 Å². The molecule has 0 aromatic carbocycles. The molecular formula is C14H22N2O2S. The van der Waals surface area contributed by atoms with Crippen LogP contribution in [0.15, 0.2) is 17.5 Å². The van der Waals surface area contributed by atoms with E-state index in [0.29, 0.717) is 13.2 Å². The van der Waals surface area contributed by atoms with Gasteiger partial charge >= 0.3 is 0 Å². The van der Waals surface area contributed by atoms with Crippen molar-refractivity contribution in [3.8, 4) is 0 Å². The van der Waals surface area contributed by atoms with E-state index in [1.54, 1.807) is 11.3 Å². The Bertz CT molecular complexity index is 394. The van der Waals surface area contributed by atoms with Gasteiger partial charge in [-0.15, -0.1) is 11.3 Å². The van der Waals surface area contributed by atoms with Crippen molar-refractivity contribution in [3.05, 3.63) is 22.4 Å². The van der Waals surface area contributed by atoms with Crippen LogP contribution in [-0.4, -0.2) is 31.7 Å². The number of amides is 1. The number of rotatable bonds is 6. The monoisotopic (exact) mass is 282 g/mol. The fraction of sp³-hybridized carbons (Fsp3) is 0.643. The first kappa shape index (κ1) is 14.5. The molecule has 0 bridgehead atoms. The van der Waals surface area contributed by atoms with Gasteiger partial charge in [-0.1, -0.05) is 19.9 Å². The minimum Gasteiger partial charge on any atom is -0.379 e. The van der Waals surface area contributed by atoms with E-state index in [1.807, 2.05) is 18.4 Å². The van der Waals surface area contributed by atoms with E-state index in [-0.39, 0.29) is 23.9 Å². The summed E-state index contributed by atoms with van der Waals surface area (Å²) in [5.74, 6) is 0.0256. The average molecular weight is 282 g/mol. The van der Waals surface area contributed by atoms with E-state index in [2.05, 4.69) is 23.6 Å². The lowest BCUT2D eigenvalue weighted by Gasteiger charge is -2.21. The molecule has 2 rings (SSSR count). The third kappa shape index (κ3) is 3.55. The Labute approximate surface area is 118 Å². The number of ether oxygens (including phenoxy) is 1. The molecule has 3 unspecified atom stereocenters. The molecule has 106 valence electrons. The molecule has 1 aliphatic rings. The number of hydrogen-bond donors (Lipinski definition) is 2. The number of carbonyl (C=O) groups is 1. The summed E-state index contributed by atoms with van der Waals surface area (Å²) in [7, 11) is 0. The lowest BCUT2D eigenvalue weighted by atomic mass is 10.0. The number of nitrogens with one attached hydrogen (secondary N) is 2. The maximum absolute atomic E-state index is 12.4. The first-order valence-electron chi connectivity index (χ1n) is 6.91. The van der Waals surface area contributed by atoms with Crippen LogP contribution in [0.2, 0.25) is 0 Å². The van der Waals surface area contributed by atoms with Crippen LogP contribution < -0.4 is 10.6 Å². The highest BCUT2D eigenvalue weighted by Gasteiger charge is 2.34. The molecule has 1 fully saturated rings. The zero-order chi connectivity index (χ0) is 13.7. The van der Waals surface area contributed by atoms with Gasteiger partial charge in [-0.25, -0.2) is 0 Å². The lowest BCUT2D eigenvalue weighted by molar-refractivity contribution is -0.126. The average Bonchev–Trinajstić information content (AvgIpc) is 3.06. The van der Waals surface area contributed by atoms with Gasteiger partial charge in [0.2, 0.25) is 5.91 Å². The summed E-state index contributed by atoms with van der Waals surface area (Å²) in [6.45, 7) is 6.15. The summed E-state index contributed by atoms with van der Waals surface area (Å²) < 4.78 is 5.43. The highest BCUT2D eigenvalue weighted by atomic mass is 32.1. The van der Waals surface area contributed by atoms with Gasteiger partial charge in [-0.3, -0.25) is 4.79 Å². The molecule has 1 aromatic rings. The maximum Gasteiger partial charge on any atom is 0.227 e. The van der Waals surface area contributed by atoms with Crippen LogP contribution in [0, 0.1) is 5.92 Å². The van der Waals surface area contributed by atoms with Gasteiger partial charge in [0.05, 0.1) is 25.2 Å². The van der Waals surface area contributed by atoms with E-state index in [1.165, 1.54) is 4.88 Å². The second kappa shape index (κ2) is 7.03. The van der Waals surface area contributed by atoms with Crippen molar-refractivity contribution in [1.82, 2.24) is 10.6 Å². The van der Waals surface area contributed by atoms with Crippen LogP contribution >= 0.6 is 11.3 Å². The topological polar surface area (TPSA) is 50.4 Å². The van der Waals surface area contributed by atoms with Crippen LogP contribution in [0.3, 0.4) is 0 Å². The minimum absolute atomic E-state index is 0.0750. The molecule has 0 aliphatic carbocycles. The number of thiophene rings is 1. The van der Waals surface area contributed by atoms with Gasteiger partial charge in [-0.05, 0) is 24.4 Å². The molecule has 1 aromatic heterocycles. The minimum atomic E-state index is -0.0750. The number of hydrogen-bond acceptors (Lipinski definition) is 4. The quantitative estimate of drug-likeness (QED) is 0.838. The Balaban J connectivity index is 1.95. The molecule has 5 heteroatoms. The Morgan fingerprint density at radius 1 is 1.53 bits per heavy atom. The molecule has 0 radical (unpaired) electrons. The van der Waals surface area contributed by atoms with Gasteiger partial charge in [-0.2, -0.15) is 0 Å². The summed E-state index contributed by atoms with van der Waals surface area (Å²) in [6, 6.07) is 4.36. The zero-order valence-electron chi connectivity index (χ0n) is 11.5. The van der Waals surface area contributed by atoms with Crippen molar-refractivity contribution >= 4 is 17.2 Å². The van der Waals surface area contributed by atoms with E-state index in [4.69, 9.17) is 4.74 Å². The maximum atomic E-state index is 12.4. The molecule has 19 heavy (non-hydrogen) atoms. The highest BCUT2D eigenvalue weighted by molar-refractivity contribution is 7.10. The molecule has 0 saturated carbocycles. The lowest BCUT2D eigenvalue weighted by Crippen LogP contribution is -2.44. The Morgan fingerprint density at radius 3 is 3.00 bits per heavy atom. The fourth-order valence-electron chi connectivity index (χ4n) is 2.42. The van der Waals surface area contributed by atoms with Crippen LogP contribution in [0.25, 0.3) is 0 Å². The van der Waals surface area contributed by atoms with E-state index in [0.717, 1.165) is 13.0 Å². The van der Waals surface area contributed by atoms with Crippen LogP contribution in [0.4, 0.5) is 0 Å². The second-order valence-electron chi connectivity index (χ2n) is 4.79. The number of likely N-dealkylation sites (N-methyl/N-ethyl adjacent to an activating group) is 1. The highest BCUT2D eigenvalue weighted by Crippen LogP contribution is 2.23. The fourth-order valence-corrected chi connectivity index (χ4v) is 3.28. The summed E-state index contributed by atoms with van der Waals surface area (Å²) in [6.07, 6.45) is 0.908. The summed E-state index contributed by atoms with van der Waals surface area (Å²) in [5.41, 5.74) is 0. The van der Waals surface area contributed by atoms with Crippen molar-refractivity contribution in [3.63, 3.8) is 0 Å². The molecule has 1 aliphatic heterocycles. The van der Waals surface area contributed by atoms with Crippen molar-refractivity contribution in [1.29, 1.82) is 0 Å². The van der Waals surface area contributed by atoms with Gasteiger partial charge in [0.25, 0.3) is 0 Å². The van der Waals surface area contributed by atoms with E-state index >= 15 is 0 Å². The summed E-state index contributed by atoms with van der Waals surface area (Å²) in [5, 5.41) is 8.52. The largest absolute Gasteiger partial charge is 0.379 e. The first-order chi connectivity index (χ1) is 9.26. The van der Waals surface area contributed by atoms with Crippen molar-refractivity contribution in [2.45, 2.75) is 32.4 Å². The first-order valence-corrected chi connectivity index (χ1v) is 7.79. The molecule has 3 atom stereocenters. The summed E-state index contributed by atoms with van der Waals surface area (Å²) >= 11 is 1.69. The Kier molecular flexibility index (Phi) is 5.36. The Hall–Kier alpha value is -0.910. The van der Waals surface area contributed by atoms with Crippen molar-refractivity contribution in [2.24, 2.45) is 5.92 Å². The molecular weight excluding hydrogens is 260 g/mol. The molecule has 0 spiro atoms. The molecule has 1 saturated heterocycles. The normalized spacial score (nSPS) is 24.3. The van der Waals surface area contributed by atoms with Crippen molar-refractivity contribution in [2.75, 3.05) is 19.8 Å².